The van der Waals surface area contributed by atoms with E-state index in [1.807, 2.05) is 0 Å². The van der Waals surface area contributed by atoms with E-state index in [0.717, 1.165) is 0 Å². The molecule has 1 atom stereocenters. The van der Waals surface area contributed by atoms with E-state index in [4.69, 9.17) is 10.2 Å². The van der Waals surface area contributed by atoms with Crippen molar-refractivity contribution >= 4 is 5.78 Å². The fourth-order valence-electron chi connectivity index (χ4n) is 0.179. The first-order chi connectivity index (χ1) is 3.72. The predicted octanol–water partition coefficient (Wildman–Crippen LogP) is -1.46. The van der Waals surface area contributed by atoms with E-state index in [-0.39, 0.29) is 0 Å². The van der Waals surface area contributed by atoms with Gasteiger partial charge in [-0.25, -0.2) is 0 Å². The third-order valence-electron chi connectivity index (χ3n) is 0.618. The molecule has 0 radical (unpaired) electrons. The number of rotatable bonds is 2. The Bertz CT molecular complexity index is 122. The number of carbonyl (C=O) groups is 1. The third kappa shape index (κ3) is 1.73. The topological polar surface area (TPSA) is 57.5 Å². The second kappa shape index (κ2) is 3.19. The van der Waals surface area contributed by atoms with Crippen LogP contribution in [0.1, 0.15) is 0 Å². The lowest BCUT2D eigenvalue weighted by molar-refractivity contribution is -0.123. The zero-order chi connectivity index (χ0) is 6.57. The van der Waals surface area contributed by atoms with Crippen molar-refractivity contribution in [3.8, 4) is 12.3 Å². The minimum Gasteiger partial charge on any atom is -0.393 e. The minimum atomic E-state index is -1.40. The summed E-state index contributed by atoms with van der Waals surface area (Å²) in [5.41, 5.74) is 0. The second-order valence-corrected chi connectivity index (χ2v) is 1.21. The maximum absolute atomic E-state index is 10.1. The molecule has 44 valence electrons. The lowest BCUT2D eigenvalue weighted by Crippen LogP contribution is -2.22. The molecule has 0 saturated carbocycles. The highest BCUT2D eigenvalue weighted by molar-refractivity contribution is 5.98. The fourth-order valence-corrected chi connectivity index (χ4v) is 0.179. The molecule has 0 bridgehead atoms. The minimum absolute atomic E-state index is 0.608. The number of terminal acetylenes is 1. The Morgan fingerprint density at radius 1 is 1.88 bits per heavy atom. The van der Waals surface area contributed by atoms with Crippen molar-refractivity contribution in [3.05, 3.63) is 0 Å². The highest BCUT2D eigenvalue weighted by atomic mass is 16.3. The van der Waals surface area contributed by atoms with E-state index in [0.29, 0.717) is 0 Å². The van der Waals surface area contributed by atoms with Gasteiger partial charge in [-0.3, -0.25) is 4.79 Å². The molecule has 0 rings (SSSR count). The smallest absolute Gasteiger partial charge is 0.235 e. The summed E-state index contributed by atoms with van der Waals surface area (Å²) in [5, 5.41) is 16.5. The lowest BCUT2D eigenvalue weighted by atomic mass is 10.2. The Labute approximate surface area is 46.9 Å². The van der Waals surface area contributed by atoms with Gasteiger partial charge in [-0.1, -0.05) is 0 Å². The molecule has 0 saturated heterocycles. The largest absolute Gasteiger partial charge is 0.393 e. The van der Waals surface area contributed by atoms with Gasteiger partial charge in [-0.2, -0.15) is 0 Å². The Morgan fingerprint density at radius 2 is 2.38 bits per heavy atom. The molecule has 0 heterocycles. The molecule has 0 aromatic heterocycles. The number of Topliss-reactive ketones (excluding diaryl/α,β-unsaturated/α-hetero) is 1. The summed E-state index contributed by atoms with van der Waals surface area (Å²) in [6.45, 7) is -0.608. The summed E-state index contributed by atoms with van der Waals surface area (Å²) >= 11 is 0. The first-order valence-corrected chi connectivity index (χ1v) is 2.01. The molecule has 2 N–H and O–H groups in total. The van der Waals surface area contributed by atoms with Crippen molar-refractivity contribution < 1.29 is 15.0 Å². The van der Waals surface area contributed by atoms with Gasteiger partial charge in [0, 0.05) is 0 Å². The van der Waals surface area contributed by atoms with Crippen LogP contribution in [-0.2, 0) is 4.79 Å². The molecule has 3 heteroatoms. The molecule has 0 aromatic rings. The fraction of sp³-hybridized carbons (Fsp3) is 0.400. The summed E-state index contributed by atoms with van der Waals surface area (Å²) in [6, 6.07) is 0. The van der Waals surface area contributed by atoms with Crippen molar-refractivity contribution in [3.63, 3.8) is 0 Å². The van der Waals surface area contributed by atoms with Crippen molar-refractivity contribution in [1.82, 2.24) is 0 Å². The quantitative estimate of drug-likeness (QED) is 0.341. The van der Waals surface area contributed by atoms with Crippen LogP contribution in [0, 0.1) is 12.3 Å². The number of hydrogen-bond acceptors (Lipinski definition) is 3. The van der Waals surface area contributed by atoms with Crippen molar-refractivity contribution in [2.75, 3.05) is 6.61 Å². The van der Waals surface area contributed by atoms with Crippen LogP contribution < -0.4 is 0 Å². The van der Waals surface area contributed by atoms with E-state index in [2.05, 4.69) is 6.42 Å². The summed E-state index contributed by atoms with van der Waals surface area (Å²) < 4.78 is 0. The van der Waals surface area contributed by atoms with E-state index < -0.39 is 18.5 Å². The van der Waals surface area contributed by atoms with Gasteiger partial charge in [-0.15, -0.1) is 6.42 Å². The highest BCUT2D eigenvalue weighted by Crippen LogP contribution is 1.79. The average Bonchev–Trinajstić information content (AvgIpc) is 1.84. The molecule has 0 fully saturated rings. The van der Waals surface area contributed by atoms with Gasteiger partial charge < -0.3 is 10.2 Å². The Hall–Kier alpha value is -0.850. The van der Waals surface area contributed by atoms with E-state index >= 15 is 0 Å². The van der Waals surface area contributed by atoms with Gasteiger partial charge in [0.2, 0.25) is 5.78 Å². The summed E-state index contributed by atoms with van der Waals surface area (Å²) in [6.07, 6.45) is 3.18. The predicted molar refractivity (Wildman–Crippen MR) is 26.9 cm³/mol. The molecule has 0 amide bonds. The SMILES string of the molecule is C#CC(=O)C(O)CO. The van der Waals surface area contributed by atoms with Gasteiger partial charge >= 0.3 is 0 Å². The molecule has 0 aliphatic rings. The van der Waals surface area contributed by atoms with Crippen molar-refractivity contribution in [2.24, 2.45) is 0 Å². The van der Waals surface area contributed by atoms with Crippen LogP contribution in [0.4, 0.5) is 0 Å². The van der Waals surface area contributed by atoms with Crippen LogP contribution in [0.25, 0.3) is 0 Å². The standard InChI is InChI=1S/C5H6O3/c1-2-4(7)5(8)3-6/h1,5-6,8H,3H2. The van der Waals surface area contributed by atoms with Crippen LogP contribution in [-0.4, -0.2) is 28.7 Å². The molecular formula is C5H6O3. The van der Waals surface area contributed by atoms with Crippen molar-refractivity contribution in [1.29, 1.82) is 0 Å². The van der Waals surface area contributed by atoms with Gasteiger partial charge in [0.25, 0.3) is 0 Å². The second-order valence-electron chi connectivity index (χ2n) is 1.21. The van der Waals surface area contributed by atoms with Crippen LogP contribution in [0.5, 0.6) is 0 Å². The third-order valence-corrected chi connectivity index (χ3v) is 0.618. The number of aliphatic hydroxyl groups is 2. The molecule has 3 nitrogen and oxygen atoms in total. The number of ketones is 1. The van der Waals surface area contributed by atoms with E-state index in [9.17, 15) is 4.79 Å². The Balaban J connectivity index is 3.68. The number of aliphatic hydroxyl groups excluding tert-OH is 2. The molecular weight excluding hydrogens is 108 g/mol. The van der Waals surface area contributed by atoms with E-state index in [1.54, 1.807) is 5.92 Å². The molecule has 0 aliphatic heterocycles. The maximum atomic E-state index is 10.1. The van der Waals surface area contributed by atoms with Crippen LogP contribution in [0.3, 0.4) is 0 Å². The lowest BCUT2D eigenvalue weighted by Gasteiger charge is -1.96. The zero-order valence-electron chi connectivity index (χ0n) is 4.16. The number of carbonyl (C=O) groups excluding carboxylic acids is 1. The van der Waals surface area contributed by atoms with Crippen LogP contribution >= 0.6 is 0 Å². The molecule has 0 aromatic carbocycles. The van der Waals surface area contributed by atoms with Crippen molar-refractivity contribution in [2.45, 2.75) is 6.10 Å². The summed E-state index contributed by atoms with van der Waals surface area (Å²) in [5.74, 6) is 0.882. The van der Waals surface area contributed by atoms with Gasteiger partial charge in [-0.05, 0) is 5.92 Å². The highest BCUT2D eigenvalue weighted by Gasteiger charge is 2.08. The Morgan fingerprint density at radius 3 is 2.50 bits per heavy atom. The van der Waals surface area contributed by atoms with Crippen LogP contribution in [0.2, 0.25) is 0 Å². The average molecular weight is 114 g/mol. The van der Waals surface area contributed by atoms with Crippen LogP contribution in [0.15, 0.2) is 0 Å². The number of hydrogen-bond donors (Lipinski definition) is 2. The zero-order valence-corrected chi connectivity index (χ0v) is 4.16. The first kappa shape index (κ1) is 7.15. The Kier molecular flexibility index (Phi) is 2.85. The molecule has 0 aliphatic carbocycles. The first-order valence-electron chi connectivity index (χ1n) is 2.01. The molecule has 8 heavy (non-hydrogen) atoms. The normalized spacial score (nSPS) is 12.1. The summed E-state index contributed by atoms with van der Waals surface area (Å²) in [7, 11) is 0. The molecule has 0 spiro atoms. The summed E-state index contributed by atoms with van der Waals surface area (Å²) in [4.78, 5) is 10.1. The molecule has 1 unspecified atom stereocenters. The van der Waals surface area contributed by atoms with Gasteiger partial charge in [0.05, 0.1) is 6.61 Å². The van der Waals surface area contributed by atoms with E-state index in [1.165, 1.54) is 0 Å². The van der Waals surface area contributed by atoms with Gasteiger partial charge in [0.15, 0.2) is 0 Å². The van der Waals surface area contributed by atoms with Gasteiger partial charge in [0.1, 0.15) is 6.10 Å². The maximum Gasteiger partial charge on any atom is 0.235 e. The monoisotopic (exact) mass is 114 g/mol.